The third-order valence-electron chi connectivity index (χ3n) is 5.06. The van der Waals surface area contributed by atoms with E-state index in [0.717, 1.165) is 19.0 Å². The lowest BCUT2D eigenvalue weighted by atomic mass is 9.94. The summed E-state index contributed by atoms with van der Waals surface area (Å²) in [5, 5.41) is 3.03. The molecular weight excluding hydrogens is 318 g/mol. The molecule has 6 heteroatoms. The van der Waals surface area contributed by atoms with Gasteiger partial charge in [0.2, 0.25) is 5.76 Å². The highest BCUT2D eigenvalue weighted by atomic mass is 16.4. The summed E-state index contributed by atoms with van der Waals surface area (Å²) >= 11 is 0. The van der Waals surface area contributed by atoms with E-state index in [4.69, 9.17) is 8.83 Å². The Bertz CT molecular complexity index is 670. The van der Waals surface area contributed by atoms with Crippen molar-refractivity contribution in [2.45, 2.75) is 39.7 Å². The number of carbonyl (C=O) groups is 1. The van der Waals surface area contributed by atoms with Crippen molar-refractivity contribution in [3.8, 4) is 11.5 Å². The van der Waals surface area contributed by atoms with Crippen molar-refractivity contribution in [3.05, 3.63) is 30.5 Å². The number of hydrogen-bond acceptors (Lipinski definition) is 5. The molecule has 3 rings (SSSR count). The second-order valence-electron chi connectivity index (χ2n) is 7.25. The molecule has 0 bridgehead atoms. The van der Waals surface area contributed by atoms with E-state index in [9.17, 15) is 4.79 Å². The number of hydrogen-bond donors (Lipinski definition) is 1. The first-order valence-electron chi connectivity index (χ1n) is 9.06. The highest BCUT2D eigenvalue weighted by molar-refractivity contribution is 5.97. The van der Waals surface area contributed by atoms with Gasteiger partial charge < -0.3 is 14.2 Å². The van der Waals surface area contributed by atoms with Gasteiger partial charge in [-0.25, -0.2) is 4.98 Å². The summed E-state index contributed by atoms with van der Waals surface area (Å²) in [5.41, 5.74) is 0.268. The first-order valence-corrected chi connectivity index (χ1v) is 9.06. The van der Waals surface area contributed by atoms with Crippen LogP contribution in [0.2, 0.25) is 0 Å². The monoisotopic (exact) mass is 345 g/mol. The Hall–Kier alpha value is -2.08. The van der Waals surface area contributed by atoms with Gasteiger partial charge in [0.25, 0.3) is 5.91 Å². The zero-order valence-electron chi connectivity index (χ0n) is 15.2. The average molecular weight is 345 g/mol. The molecule has 3 heterocycles. The van der Waals surface area contributed by atoms with Crippen LogP contribution in [0.4, 0.5) is 0 Å². The van der Waals surface area contributed by atoms with E-state index in [2.05, 4.69) is 36.0 Å². The van der Waals surface area contributed by atoms with Gasteiger partial charge in [-0.15, -0.1) is 0 Å². The number of furan rings is 1. The molecule has 0 spiro atoms. The van der Waals surface area contributed by atoms with Gasteiger partial charge in [-0.2, -0.15) is 0 Å². The van der Waals surface area contributed by atoms with E-state index in [1.54, 1.807) is 18.4 Å². The van der Waals surface area contributed by atoms with Crippen LogP contribution in [-0.2, 0) is 0 Å². The second kappa shape index (κ2) is 7.87. The van der Waals surface area contributed by atoms with Gasteiger partial charge in [0, 0.05) is 12.6 Å². The largest absolute Gasteiger partial charge is 0.461 e. The fraction of sp³-hybridized carbons (Fsp3) is 0.579. The molecule has 1 atom stereocenters. The molecule has 1 N–H and O–H groups in total. The maximum absolute atomic E-state index is 12.6. The summed E-state index contributed by atoms with van der Waals surface area (Å²) in [7, 11) is 0. The molecule has 1 unspecified atom stereocenters. The normalized spacial score (nSPS) is 17.8. The molecule has 0 saturated carbocycles. The number of amides is 1. The van der Waals surface area contributed by atoms with Crippen LogP contribution in [0.3, 0.4) is 0 Å². The number of aromatic nitrogens is 1. The predicted molar refractivity (Wildman–Crippen MR) is 95.1 cm³/mol. The van der Waals surface area contributed by atoms with E-state index in [1.165, 1.54) is 19.2 Å². The smallest absolute Gasteiger partial charge is 0.274 e. The van der Waals surface area contributed by atoms with Crippen molar-refractivity contribution in [3.63, 3.8) is 0 Å². The minimum absolute atomic E-state index is 0.226. The predicted octanol–water partition coefficient (Wildman–Crippen LogP) is 3.42. The SMILES string of the molecule is CC1CCN(C(CNC(=O)c2ncoc2-c2ccco2)C(C)C)CC1. The van der Waals surface area contributed by atoms with E-state index < -0.39 is 0 Å². The van der Waals surface area contributed by atoms with E-state index in [-0.39, 0.29) is 11.6 Å². The van der Waals surface area contributed by atoms with Crippen LogP contribution in [-0.4, -0.2) is 41.5 Å². The lowest BCUT2D eigenvalue weighted by Gasteiger charge is -2.38. The van der Waals surface area contributed by atoms with E-state index in [0.29, 0.717) is 30.0 Å². The Labute approximate surface area is 148 Å². The molecular formula is C19H27N3O3. The Morgan fingerprint density at radius 3 is 2.76 bits per heavy atom. The Morgan fingerprint density at radius 2 is 2.12 bits per heavy atom. The van der Waals surface area contributed by atoms with Crippen LogP contribution >= 0.6 is 0 Å². The number of oxazole rings is 1. The van der Waals surface area contributed by atoms with Gasteiger partial charge in [0.1, 0.15) is 0 Å². The van der Waals surface area contributed by atoms with Gasteiger partial charge in [-0.05, 0) is 49.9 Å². The van der Waals surface area contributed by atoms with Crippen molar-refractivity contribution in [2.24, 2.45) is 11.8 Å². The first-order chi connectivity index (χ1) is 12.1. The fourth-order valence-corrected chi connectivity index (χ4v) is 3.42. The molecule has 136 valence electrons. The summed E-state index contributed by atoms with van der Waals surface area (Å²) in [4.78, 5) is 19.2. The minimum atomic E-state index is -0.226. The third kappa shape index (κ3) is 4.12. The van der Waals surface area contributed by atoms with Crippen molar-refractivity contribution < 1.29 is 13.6 Å². The van der Waals surface area contributed by atoms with Crippen LogP contribution in [0.15, 0.2) is 33.6 Å². The molecule has 0 radical (unpaired) electrons. The molecule has 1 saturated heterocycles. The van der Waals surface area contributed by atoms with Gasteiger partial charge in [-0.3, -0.25) is 9.69 Å². The van der Waals surface area contributed by atoms with Crippen molar-refractivity contribution in [1.82, 2.24) is 15.2 Å². The summed E-state index contributed by atoms with van der Waals surface area (Å²) in [5.74, 6) is 1.92. The Kier molecular flexibility index (Phi) is 5.58. The molecule has 25 heavy (non-hydrogen) atoms. The summed E-state index contributed by atoms with van der Waals surface area (Å²) in [6, 6.07) is 3.84. The number of piperidine rings is 1. The summed E-state index contributed by atoms with van der Waals surface area (Å²) in [6.45, 7) is 9.53. The van der Waals surface area contributed by atoms with Gasteiger partial charge in [0.05, 0.1) is 6.26 Å². The highest BCUT2D eigenvalue weighted by Crippen LogP contribution is 2.24. The molecule has 2 aromatic rings. The molecule has 6 nitrogen and oxygen atoms in total. The van der Waals surface area contributed by atoms with E-state index >= 15 is 0 Å². The average Bonchev–Trinajstić information content (AvgIpc) is 3.27. The quantitative estimate of drug-likeness (QED) is 0.868. The first kappa shape index (κ1) is 17.7. The standard InChI is InChI=1S/C19H27N3O3/c1-13(2)15(22-8-6-14(3)7-9-22)11-20-19(23)17-18(25-12-21-17)16-5-4-10-24-16/h4-5,10,12-15H,6-9,11H2,1-3H3,(H,20,23). The van der Waals surface area contributed by atoms with Crippen LogP contribution in [0.1, 0.15) is 44.1 Å². The van der Waals surface area contributed by atoms with Gasteiger partial charge in [-0.1, -0.05) is 20.8 Å². The fourth-order valence-electron chi connectivity index (χ4n) is 3.42. The lowest BCUT2D eigenvalue weighted by molar-refractivity contribution is 0.0859. The molecule has 0 aliphatic carbocycles. The number of nitrogens with zero attached hydrogens (tertiary/aromatic N) is 2. The van der Waals surface area contributed by atoms with Crippen LogP contribution in [0.25, 0.3) is 11.5 Å². The summed E-state index contributed by atoms with van der Waals surface area (Å²) < 4.78 is 10.7. The van der Waals surface area contributed by atoms with Crippen LogP contribution in [0, 0.1) is 11.8 Å². The number of carbonyl (C=O) groups excluding carboxylic acids is 1. The number of nitrogens with one attached hydrogen (secondary N) is 1. The lowest BCUT2D eigenvalue weighted by Crippen LogP contribution is -2.49. The van der Waals surface area contributed by atoms with Gasteiger partial charge in [0.15, 0.2) is 17.8 Å². The Balaban J connectivity index is 1.64. The maximum Gasteiger partial charge on any atom is 0.274 e. The zero-order valence-corrected chi connectivity index (χ0v) is 15.2. The van der Waals surface area contributed by atoms with Crippen LogP contribution < -0.4 is 5.32 Å². The van der Waals surface area contributed by atoms with Crippen molar-refractivity contribution in [2.75, 3.05) is 19.6 Å². The molecule has 1 amide bonds. The van der Waals surface area contributed by atoms with E-state index in [1.807, 2.05) is 0 Å². The molecule has 1 fully saturated rings. The molecule has 1 aliphatic rings. The molecule has 0 aromatic carbocycles. The highest BCUT2D eigenvalue weighted by Gasteiger charge is 2.27. The van der Waals surface area contributed by atoms with Crippen molar-refractivity contribution in [1.29, 1.82) is 0 Å². The maximum atomic E-state index is 12.6. The minimum Gasteiger partial charge on any atom is -0.461 e. The molecule has 2 aromatic heterocycles. The zero-order chi connectivity index (χ0) is 17.8. The second-order valence-corrected chi connectivity index (χ2v) is 7.25. The molecule has 1 aliphatic heterocycles. The number of rotatable bonds is 6. The Morgan fingerprint density at radius 1 is 1.36 bits per heavy atom. The van der Waals surface area contributed by atoms with Crippen molar-refractivity contribution >= 4 is 5.91 Å². The topological polar surface area (TPSA) is 71.5 Å². The van der Waals surface area contributed by atoms with Crippen LogP contribution in [0.5, 0.6) is 0 Å². The number of likely N-dealkylation sites (tertiary alicyclic amines) is 1. The summed E-state index contributed by atoms with van der Waals surface area (Å²) in [6.07, 6.45) is 5.27. The third-order valence-corrected chi connectivity index (χ3v) is 5.06. The van der Waals surface area contributed by atoms with Gasteiger partial charge >= 0.3 is 0 Å².